The van der Waals surface area contributed by atoms with Crippen LogP contribution in [-0.2, 0) is 9.47 Å². The van der Waals surface area contributed by atoms with Crippen LogP contribution in [0.2, 0.25) is 0 Å². The minimum Gasteiger partial charge on any atom is -0.378 e. The van der Waals surface area contributed by atoms with Gasteiger partial charge in [0.1, 0.15) is 0 Å². The van der Waals surface area contributed by atoms with E-state index in [2.05, 4.69) is 10.3 Å². The van der Waals surface area contributed by atoms with E-state index in [1.165, 1.54) is 30.5 Å². The number of carbonyl (C=O) groups is 2. The van der Waals surface area contributed by atoms with Gasteiger partial charge in [0.15, 0.2) is 5.78 Å². The van der Waals surface area contributed by atoms with Crippen molar-refractivity contribution >= 4 is 39.7 Å². The van der Waals surface area contributed by atoms with Crippen LogP contribution in [0.3, 0.4) is 0 Å². The highest BCUT2D eigenvalue weighted by molar-refractivity contribution is 6.11. The number of ketones is 1. The van der Waals surface area contributed by atoms with Crippen LogP contribution in [0.4, 0.5) is 29.3 Å². The molecule has 3 aromatic rings. The lowest BCUT2D eigenvalue weighted by atomic mass is 9.98. The number of urea groups is 1. The highest BCUT2D eigenvalue weighted by atomic mass is 19.4. The van der Waals surface area contributed by atoms with Gasteiger partial charge in [-0.05, 0) is 36.4 Å². The maximum Gasteiger partial charge on any atom is 0.417 e. The van der Waals surface area contributed by atoms with Crippen LogP contribution in [0.1, 0.15) is 15.9 Å². The third-order valence-electron chi connectivity index (χ3n) is 6.66. The lowest BCUT2D eigenvalue weighted by Crippen LogP contribution is -2.43. The number of morpholine rings is 2. The van der Waals surface area contributed by atoms with E-state index in [1.54, 1.807) is 29.2 Å². The molecule has 0 bridgehead atoms. The van der Waals surface area contributed by atoms with Gasteiger partial charge in [-0.2, -0.15) is 13.2 Å². The molecule has 5 rings (SSSR count). The number of benzene rings is 2. The average molecular weight is 541 g/mol. The van der Waals surface area contributed by atoms with Crippen molar-refractivity contribution in [3.63, 3.8) is 0 Å². The van der Waals surface area contributed by atoms with Gasteiger partial charge in [-0.15, -0.1) is 0 Å². The number of pyridine rings is 1. The molecule has 2 fully saturated rings. The summed E-state index contributed by atoms with van der Waals surface area (Å²) in [5, 5.41) is 3.30. The standard InChI is InChI=1S/C28H27F3N4O4/c29-28(30,31)23(22-18-32-24-4-2-1-3-21(24)26(22)34-9-13-38-14-10-34)17-25(36)19-5-7-20(8-6-19)33-27(37)35-11-15-39-16-12-35/h1-8,17-18H,9-16H2,(H,33,37). The Morgan fingerprint density at radius 1 is 0.897 bits per heavy atom. The fourth-order valence-electron chi connectivity index (χ4n) is 4.67. The van der Waals surface area contributed by atoms with Gasteiger partial charge in [0.05, 0.1) is 43.2 Å². The number of nitrogens with zero attached hydrogens (tertiary/aromatic N) is 3. The van der Waals surface area contributed by atoms with Crippen LogP contribution < -0.4 is 10.2 Å². The number of halogens is 3. The summed E-state index contributed by atoms with van der Waals surface area (Å²) < 4.78 is 54.0. The average Bonchev–Trinajstić information content (AvgIpc) is 2.96. The summed E-state index contributed by atoms with van der Waals surface area (Å²) in [6.45, 7) is 3.43. The number of fused-ring (bicyclic) bond motifs is 1. The summed E-state index contributed by atoms with van der Waals surface area (Å²) in [4.78, 5) is 33.2. The molecular formula is C28H27F3N4O4. The smallest absolute Gasteiger partial charge is 0.378 e. The van der Waals surface area contributed by atoms with Crippen LogP contribution >= 0.6 is 0 Å². The van der Waals surface area contributed by atoms with E-state index in [1.807, 2.05) is 4.90 Å². The summed E-state index contributed by atoms with van der Waals surface area (Å²) in [5.41, 5.74) is 0.189. The third kappa shape index (κ3) is 6.04. The molecule has 0 saturated carbocycles. The first-order valence-corrected chi connectivity index (χ1v) is 12.6. The molecule has 0 atom stereocenters. The van der Waals surface area contributed by atoms with E-state index < -0.39 is 17.5 Å². The molecule has 39 heavy (non-hydrogen) atoms. The molecule has 2 saturated heterocycles. The number of allylic oxidation sites excluding steroid dienone is 2. The number of alkyl halides is 3. The number of aromatic nitrogens is 1. The van der Waals surface area contributed by atoms with Crippen LogP contribution in [0.5, 0.6) is 0 Å². The predicted molar refractivity (Wildman–Crippen MR) is 141 cm³/mol. The molecule has 2 aliphatic heterocycles. The van der Waals surface area contributed by atoms with Crippen LogP contribution in [0.15, 0.2) is 60.8 Å². The normalized spacial score (nSPS) is 16.8. The predicted octanol–water partition coefficient (Wildman–Crippen LogP) is 4.76. The van der Waals surface area contributed by atoms with E-state index in [4.69, 9.17) is 9.47 Å². The Bertz CT molecular complexity index is 1380. The van der Waals surface area contributed by atoms with Gasteiger partial charge in [0, 0.05) is 54.6 Å². The second-order valence-electron chi connectivity index (χ2n) is 9.16. The number of para-hydroxylation sites is 1. The Kier molecular flexibility index (Phi) is 7.80. The van der Waals surface area contributed by atoms with E-state index in [-0.39, 0.29) is 17.2 Å². The SMILES string of the molecule is O=C(C=C(c1cnc2ccccc2c1N1CCOCC1)C(F)(F)F)c1ccc(NC(=O)N2CCOCC2)cc1. The maximum atomic E-state index is 14.5. The first-order chi connectivity index (χ1) is 18.8. The Labute approximate surface area is 223 Å². The largest absolute Gasteiger partial charge is 0.417 e. The number of hydrogen-bond acceptors (Lipinski definition) is 6. The summed E-state index contributed by atoms with van der Waals surface area (Å²) in [7, 11) is 0. The Hall–Kier alpha value is -3.96. The van der Waals surface area contributed by atoms with Gasteiger partial charge in [-0.25, -0.2) is 4.79 Å². The van der Waals surface area contributed by atoms with Crippen molar-refractivity contribution in [2.45, 2.75) is 6.18 Å². The lowest BCUT2D eigenvalue weighted by Gasteiger charge is -2.32. The molecule has 0 aliphatic carbocycles. The van der Waals surface area contributed by atoms with Gasteiger partial charge in [0.25, 0.3) is 0 Å². The molecule has 0 spiro atoms. The van der Waals surface area contributed by atoms with E-state index in [0.29, 0.717) is 81.0 Å². The highest BCUT2D eigenvalue weighted by Gasteiger charge is 2.38. The molecule has 204 valence electrons. The Morgan fingerprint density at radius 3 is 2.21 bits per heavy atom. The minimum absolute atomic E-state index is 0.0581. The second kappa shape index (κ2) is 11.4. The minimum atomic E-state index is -4.81. The molecule has 2 aromatic carbocycles. The molecule has 0 unspecified atom stereocenters. The highest BCUT2D eigenvalue weighted by Crippen LogP contribution is 2.41. The molecule has 8 nitrogen and oxygen atoms in total. The lowest BCUT2D eigenvalue weighted by molar-refractivity contribution is -0.0689. The molecule has 1 N–H and O–H groups in total. The zero-order valence-electron chi connectivity index (χ0n) is 21.0. The summed E-state index contributed by atoms with van der Waals surface area (Å²) in [6, 6.07) is 12.4. The van der Waals surface area contributed by atoms with Crippen molar-refractivity contribution in [1.82, 2.24) is 9.88 Å². The number of amides is 2. The number of ether oxygens (including phenoxy) is 2. The number of anilines is 2. The van der Waals surface area contributed by atoms with E-state index >= 15 is 0 Å². The second-order valence-corrected chi connectivity index (χ2v) is 9.16. The summed E-state index contributed by atoms with van der Waals surface area (Å²) in [5.74, 6) is -0.811. The molecule has 3 heterocycles. The molecule has 2 aliphatic rings. The molecular weight excluding hydrogens is 513 g/mol. The van der Waals surface area contributed by atoms with Gasteiger partial charge in [0.2, 0.25) is 0 Å². The summed E-state index contributed by atoms with van der Waals surface area (Å²) in [6.07, 6.45) is -3.01. The fourth-order valence-corrected chi connectivity index (χ4v) is 4.67. The van der Waals surface area contributed by atoms with Gasteiger partial charge in [-0.3, -0.25) is 9.78 Å². The van der Waals surface area contributed by atoms with Crippen LogP contribution in [-0.4, -0.2) is 80.5 Å². The van der Waals surface area contributed by atoms with Gasteiger partial charge >= 0.3 is 12.2 Å². The van der Waals surface area contributed by atoms with E-state index in [9.17, 15) is 22.8 Å². The molecule has 0 radical (unpaired) electrons. The van der Waals surface area contributed by atoms with E-state index in [0.717, 1.165) is 0 Å². The first-order valence-electron chi connectivity index (χ1n) is 12.6. The van der Waals surface area contributed by atoms with Crippen molar-refractivity contribution in [2.75, 3.05) is 62.8 Å². The molecule has 11 heteroatoms. The van der Waals surface area contributed by atoms with Crippen molar-refractivity contribution in [3.05, 3.63) is 71.9 Å². The number of hydrogen-bond donors (Lipinski definition) is 1. The first kappa shape index (κ1) is 26.6. The zero-order chi connectivity index (χ0) is 27.4. The van der Waals surface area contributed by atoms with Crippen LogP contribution in [0.25, 0.3) is 16.5 Å². The quantitative estimate of drug-likeness (QED) is 0.371. The van der Waals surface area contributed by atoms with Crippen molar-refractivity contribution in [3.8, 4) is 0 Å². The van der Waals surface area contributed by atoms with Gasteiger partial charge < -0.3 is 24.6 Å². The maximum absolute atomic E-state index is 14.5. The van der Waals surface area contributed by atoms with Crippen molar-refractivity contribution in [1.29, 1.82) is 0 Å². The molecule has 1 aromatic heterocycles. The fraction of sp³-hybridized carbons (Fsp3) is 0.321. The monoisotopic (exact) mass is 540 g/mol. The topological polar surface area (TPSA) is 84.0 Å². The number of rotatable bonds is 5. The van der Waals surface area contributed by atoms with Crippen LogP contribution in [0, 0.1) is 0 Å². The van der Waals surface area contributed by atoms with Gasteiger partial charge in [-0.1, -0.05) is 18.2 Å². The number of carbonyl (C=O) groups excluding carboxylic acids is 2. The summed E-state index contributed by atoms with van der Waals surface area (Å²) >= 11 is 0. The zero-order valence-corrected chi connectivity index (χ0v) is 21.0. The number of nitrogens with one attached hydrogen (secondary N) is 1. The van der Waals surface area contributed by atoms with Crippen molar-refractivity contribution < 1.29 is 32.2 Å². The molecule has 2 amide bonds. The third-order valence-corrected chi connectivity index (χ3v) is 6.66. The van der Waals surface area contributed by atoms with Crippen molar-refractivity contribution in [2.24, 2.45) is 0 Å². The Balaban J connectivity index is 1.46. The Morgan fingerprint density at radius 2 is 1.54 bits per heavy atom.